The summed E-state index contributed by atoms with van der Waals surface area (Å²) in [5, 5.41) is 11.5. The van der Waals surface area contributed by atoms with Crippen LogP contribution in [0.1, 0.15) is 16.1 Å². The molecule has 1 aromatic heterocycles. The van der Waals surface area contributed by atoms with E-state index in [0.29, 0.717) is 15.9 Å². The summed E-state index contributed by atoms with van der Waals surface area (Å²) in [4.78, 5) is 22.6. The molecule has 2 rings (SSSR count). The lowest BCUT2D eigenvalue weighted by Crippen LogP contribution is -2.09. The molecule has 2 N–H and O–H groups in total. The van der Waals surface area contributed by atoms with Gasteiger partial charge < -0.3 is 14.8 Å². The van der Waals surface area contributed by atoms with Crippen molar-refractivity contribution in [1.29, 1.82) is 0 Å². The van der Waals surface area contributed by atoms with E-state index >= 15 is 0 Å². The molecule has 0 spiro atoms. The van der Waals surface area contributed by atoms with Gasteiger partial charge in [-0.3, -0.25) is 4.79 Å². The van der Waals surface area contributed by atoms with Gasteiger partial charge in [0.2, 0.25) is 5.91 Å². The van der Waals surface area contributed by atoms with E-state index in [0.717, 1.165) is 0 Å². The van der Waals surface area contributed by atoms with Crippen LogP contribution in [-0.2, 0) is 4.79 Å². The van der Waals surface area contributed by atoms with Gasteiger partial charge in [0.1, 0.15) is 5.76 Å². The Morgan fingerprint density at radius 2 is 2.10 bits per heavy atom. The average molecular weight is 336 g/mol. The Labute approximate surface area is 123 Å². The van der Waals surface area contributed by atoms with Gasteiger partial charge in [-0.2, -0.15) is 0 Å². The van der Waals surface area contributed by atoms with Gasteiger partial charge in [0.05, 0.1) is 17.5 Å². The van der Waals surface area contributed by atoms with Crippen molar-refractivity contribution >= 4 is 39.6 Å². The fourth-order valence-corrected chi connectivity index (χ4v) is 1.82. The smallest absolute Gasteiger partial charge is 0.335 e. The van der Waals surface area contributed by atoms with Crippen LogP contribution in [0.3, 0.4) is 0 Å². The fraction of sp³-hybridized carbons (Fsp3) is 0. The third-order valence-corrected chi connectivity index (χ3v) is 3.10. The van der Waals surface area contributed by atoms with Crippen LogP contribution in [0, 0.1) is 0 Å². The van der Waals surface area contributed by atoms with Crippen LogP contribution in [0.15, 0.2) is 51.6 Å². The normalized spacial score (nSPS) is 10.7. The Morgan fingerprint density at radius 1 is 1.30 bits per heavy atom. The van der Waals surface area contributed by atoms with Crippen LogP contribution in [-0.4, -0.2) is 17.0 Å². The number of carbonyl (C=O) groups is 2. The van der Waals surface area contributed by atoms with Crippen LogP contribution >= 0.6 is 15.9 Å². The molecule has 0 fully saturated rings. The number of hydrogen-bond acceptors (Lipinski definition) is 3. The van der Waals surface area contributed by atoms with Crippen molar-refractivity contribution in [3.63, 3.8) is 0 Å². The fourth-order valence-electron chi connectivity index (χ4n) is 1.47. The minimum absolute atomic E-state index is 0.0958. The van der Waals surface area contributed by atoms with Crippen LogP contribution in [0.25, 0.3) is 6.08 Å². The predicted octanol–water partition coefficient (Wildman–Crippen LogP) is 3.39. The minimum atomic E-state index is -1.06. The Kier molecular flexibility index (Phi) is 4.37. The minimum Gasteiger partial charge on any atom is -0.478 e. The highest BCUT2D eigenvalue weighted by Crippen LogP contribution is 2.23. The highest BCUT2D eigenvalue weighted by molar-refractivity contribution is 9.10. The van der Waals surface area contributed by atoms with Gasteiger partial charge in [-0.25, -0.2) is 4.79 Å². The molecular weight excluding hydrogens is 326 g/mol. The van der Waals surface area contributed by atoms with Crippen molar-refractivity contribution in [2.75, 3.05) is 5.32 Å². The summed E-state index contributed by atoms with van der Waals surface area (Å²) in [5.41, 5.74) is 0.484. The van der Waals surface area contributed by atoms with E-state index in [1.807, 2.05) is 0 Å². The maximum absolute atomic E-state index is 11.7. The number of rotatable bonds is 4. The Hall–Kier alpha value is -2.34. The summed E-state index contributed by atoms with van der Waals surface area (Å²) in [6.45, 7) is 0. The first-order valence-electron chi connectivity index (χ1n) is 5.61. The molecule has 0 aliphatic carbocycles. The number of carboxylic acid groups (broad SMARTS) is 1. The Balaban J connectivity index is 2.11. The van der Waals surface area contributed by atoms with Crippen molar-refractivity contribution in [1.82, 2.24) is 0 Å². The van der Waals surface area contributed by atoms with Crippen LogP contribution < -0.4 is 5.32 Å². The quantitative estimate of drug-likeness (QED) is 0.839. The number of furan rings is 1. The number of carbonyl (C=O) groups excluding carboxylic acids is 1. The number of anilines is 1. The third-order valence-electron chi connectivity index (χ3n) is 2.41. The van der Waals surface area contributed by atoms with Crippen molar-refractivity contribution < 1.29 is 19.1 Å². The second-order valence-corrected chi connectivity index (χ2v) is 4.69. The summed E-state index contributed by atoms with van der Waals surface area (Å²) in [7, 11) is 0. The van der Waals surface area contributed by atoms with E-state index < -0.39 is 5.97 Å². The molecule has 0 saturated heterocycles. The van der Waals surface area contributed by atoms with Gasteiger partial charge in [-0.1, -0.05) is 0 Å². The van der Waals surface area contributed by atoms with Gasteiger partial charge in [0.15, 0.2) is 0 Å². The van der Waals surface area contributed by atoms with Crippen molar-refractivity contribution in [2.45, 2.75) is 0 Å². The van der Waals surface area contributed by atoms with Crippen LogP contribution in [0.4, 0.5) is 5.69 Å². The predicted molar refractivity (Wildman–Crippen MR) is 77.5 cm³/mol. The van der Waals surface area contributed by atoms with E-state index in [-0.39, 0.29) is 11.5 Å². The van der Waals surface area contributed by atoms with Crippen LogP contribution in [0.5, 0.6) is 0 Å². The molecule has 0 atom stereocenters. The maximum atomic E-state index is 11.7. The number of nitrogens with one attached hydrogen (secondary N) is 1. The first-order chi connectivity index (χ1) is 9.56. The molecule has 1 amide bonds. The molecule has 2 aromatic rings. The monoisotopic (exact) mass is 335 g/mol. The molecule has 0 saturated carbocycles. The summed E-state index contributed by atoms with van der Waals surface area (Å²) in [6, 6.07) is 7.82. The number of carboxylic acids is 1. The second kappa shape index (κ2) is 6.21. The van der Waals surface area contributed by atoms with E-state index in [2.05, 4.69) is 21.2 Å². The highest BCUT2D eigenvalue weighted by atomic mass is 79.9. The van der Waals surface area contributed by atoms with Gasteiger partial charge in [-0.15, -0.1) is 0 Å². The molecule has 6 heteroatoms. The molecule has 1 aromatic carbocycles. The van der Waals surface area contributed by atoms with E-state index in [1.165, 1.54) is 30.5 Å². The van der Waals surface area contributed by atoms with Gasteiger partial charge >= 0.3 is 5.97 Å². The first-order valence-corrected chi connectivity index (χ1v) is 6.41. The van der Waals surface area contributed by atoms with E-state index in [4.69, 9.17) is 9.52 Å². The molecule has 0 unspecified atom stereocenters. The molecule has 0 radical (unpaired) electrons. The number of benzene rings is 1. The van der Waals surface area contributed by atoms with Crippen molar-refractivity contribution in [3.8, 4) is 0 Å². The second-order valence-electron chi connectivity index (χ2n) is 3.84. The summed E-state index contributed by atoms with van der Waals surface area (Å²) >= 11 is 3.25. The third kappa shape index (κ3) is 3.58. The maximum Gasteiger partial charge on any atom is 0.335 e. The van der Waals surface area contributed by atoms with Gasteiger partial charge in [0.25, 0.3) is 0 Å². The molecule has 1 heterocycles. The zero-order valence-corrected chi connectivity index (χ0v) is 11.8. The molecule has 5 nitrogen and oxygen atoms in total. The Bertz CT molecular complexity index is 662. The highest BCUT2D eigenvalue weighted by Gasteiger charge is 2.08. The lowest BCUT2D eigenvalue weighted by atomic mass is 10.2. The molecule has 102 valence electrons. The molecule has 0 bridgehead atoms. The first kappa shape index (κ1) is 14.1. The van der Waals surface area contributed by atoms with Crippen LogP contribution in [0.2, 0.25) is 0 Å². The molecule has 0 aliphatic heterocycles. The average Bonchev–Trinajstić information content (AvgIpc) is 2.92. The van der Waals surface area contributed by atoms with Gasteiger partial charge in [0, 0.05) is 10.5 Å². The lowest BCUT2D eigenvalue weighted by molar-refractivity contribution is -0.111. The zero-order chi connectivity index (χ0) is 14.5. The number of halogens is 1. The van der Waals surface area contributed by atoms with Gasteiger partial charge in [-0.05, 0) is 52.3 Å². The standard InChI is InChI=1S/C14H10BrNO4/c15-11-5-3-9(14(18)19)8-12(11)16-13(17)6-4-10-2-1-7-20-10/h1-8H,(H,16,17)(H,18,19)/b6-4+. The number of amides is 1. The largest absolute Gasteiger partial charge is 0.478 e. The molecule has 0 aliphatic rings. The lowest BCUT2D eigenvalue weighted by Gasteiger charge is -2.06. The van der Waals surface area contributed by atoms with Crippen molar-refractivity contribution in [3.05, 3.63) is 58.5 Å². The summed E-state index contributed by atoms with van der Waals surface area (Å²) in [6.07, 6.45) is 4.33. The summed E-state index contributed by atoms with van der Waals surface area (Å²) < 4.78 is 5.65. The molecular formula is C14H10BrNO4. The number of hydrogen-bond donors (Lipinski definition) is 2. The summed E-state index contributed by atoms with van der Waals surface area (Å²) in [5.74, 6) is -0.887. The SMILES string of the molecule is O=C(/C=C/c1ccco1)Nc1cc(C(=O)O)ccc1Br. The van der Waals surface area contributed by atoms with E-state index in [9.17, 15) is 9.59 Å². The van der Waals surface area contributed by atoms with Crippen molar-refractivity contribution in [2.24, 2.45) is 0 Å². The number of aromatic carboxylic acids is 1. The van der Waals surface area contributed by atoms with E-state index in [1.54, 1.807) is 18.2 Å². The Morgan fingerprint density at radius 3 is 2.75 bits per heavy atom. The molecule has 20 heavy (non-hydrogen) atoms. The zero-order valence-electron chi connectivity index (χ0n) is 10.2. The topological polar surface area (TPSA) is 79.5 Å².